The van der Waals surface area contributed by atoms with Crippen LogP contribution in [0.25, 0.3) is 0 Å². The maximum Gasteiger partial charge on any atom is 0.210 e. The lowest BCUT2D eigenvalue weighted by molar-refractivity contribution is -0.118. The van der Waals surface area contributed by atoms with Gasteiger partial charge in [-0.25, -0.2) is 4.98 Å². The summed E-state index contributed by atoms with van der Waals surface area (Å²) in [6.07, 6.45) is 4.92. The lowest BCUT2D eigenvalue weighted by atomic mass is 10.0. The van der Waals surface area contributed by atoms with Crippen LogP contribution in [0.2, 0.25) is 0 Å². The molecule has 0 radical (unpaired) electrons. The highest BCUT2D eigenvalue weighted by Gasteiger charge is 2.29. The van der Waals surface area contributed by atoms with Crippen LogP contribution in [-0.2, 0) is 4.79 Å². The van der Waals surface area contributed by atoms with Crippen molar-refractivity contribution in [1.82, 2.24) is 9.88 Å². The summed E-state index contributed by atoms with van der Waals surface area (Å²) >= 11 is 0. The Morgan fingerprint density at radius 3 is 2.65 bits per heavy atom. The Morgan fingerprint density at radius 2 is 2.05 bits per heavy atom. The Balaban J connectivity index is 2.42. The van der Waals surface area contributed by atoms with E-state index in [0.717, 1.165) is 31.6 Å². The molecule has 1 aliphatic rings. The summed E-state index contributed by atoms with van der Waals surface area (Å²) in [5, 5.41) is 0. The lowest BCUT2D eigenvalue weighted by Gasteiger charge is -2.35. The van der Waals surface area contributed by atoms with Crippen LogP contribution in [0.3, 0.4) is 0 Å². The SMILES string of the molecule is CC(C)N(c1ncccc1[C@H]1CCCN1C=O)C(C)C. The van der Waals surface area contributed by atoms with E-state index in [-0.39, 0.29) is 6.04 Å². The van der Waals surface area contributed by atoms with Crippen LogP contribution in [0.15, 0.2) is 18.3 Å². The van der Waals surface area contributed by atoms with Crippen molar-refractivity contribution in [3.8, 4) is 0 Å². The Hall–Kier alpha value is -1.58. The number of aromatic nitrogens is 1. The lowest BCUT2D eigenvalue weighted by Crippen LogP contribution is -2.39. The van der Waals surface area contributed by atoms with Crippen molar-refractivity contribution < 1.29 is 4.79 Å². The normalized spacial score (nSPS) is 18.9. The first-order chi connectivity index (χ1) is 9.56. The molecule has 1 aliphatic heterocycles. The number of likely N-dealkylation sites (tertiary alicyclic amines) is 1. The number of carbonyl (C=O) groups excluding carboxylic acids is 1. The van der Waals surface area contributed by atoms with E-state index in [1.807, 2.05) is 17.2 Å². The molecule has 2 heterocycles. The van der Waals surface area contributed by atoms with Gasteiger partial charge in [0, 0.05) is 30.4 Å². The number of hydrogen-bond acceptors (Lipinski definition) is 3. The summed E-state index contributed by atoms with van der Waals surface area (Å²) < 4.78 is 0. The fraction of sp³-hybridized carbons (Fsp3) is 0.625. The zero-order valence-corrected chi connectivity index (χ0v) is 12.9. The molecule has 1 saturated heterocycles. The third kappa shape index (κ3) is 2.79. The van der Waals surface area contributed by atoms with Crippen LogP contribution in [0.5, 0.6) is 0 Å². The molecule has 0 aromatic carbocycles. The van der Waals surface area contributed by atoms with Crippen molar-refractivity contribution in [3.05, 3.63) is 23.9 Å². The van der Waals surface area contributed by atoms with Crippen molar-refractivity contribution >= 4 is 12.2 Å². The molecule has 0 bridgehead atoms. The number of amides is 1. The molecule has 110 valence electrons. The molecule has 4 nitrogen and oxygen atoms in total. The molecule has 1 aromatic heterocycles. The number of carbonyl (C=O) groups is 1. The topological polar surface area (TPSA) is 36.4 Å². The molecule has 1 atom stereocenters. The van der Waals surface area contributed by atoms with Crippen molar-refractivity contribution in [3.63, 3.8) is 0 Å². The number of pyridine rings is 1. The Labute approximate surface area is 121 Å². The highest BCUT2D eigenvalue weighted by molar-refractivity contribution is 5.55. The molecule has 4 heteroatoms. The minimum absolute atomic E-state index is 0.177. The Kier molecular flexibility index (Phi) is 4.63. The predicted octanol–water partition coefficient (Wildman–Crippen LogP) is 3.00. The fourth-order valence-corrected chi connectivity index (χ4v) is 3.22. The van der Waals surface area contributed by atoms with Crippen LogP contribution < -0.4 is 4.90 Å². The van der Waals surface area contributed by atoms with E-state index < -0.39 is 0 Å². The zero-order valence-electron chi connectivity index (χ0n) is 12.9. The fourth-order valence-electron chi connectivity index (χ4n) is 3.22. The highest BCUT2D eigenvalue weighted by atomic mass is 16.1. The van der Waals surface area contributed by atoms with Gasteiger partial charge in [-0.2, -0.15) is 0 Å². The van der Waals surface area contributed by atoms with E-state index in [1.165, 1.54) is 5.56 Å². The van der Waals surface area contributed by atoms with Gasteiger partial charge in [-0.05, 0) is 46.6 Å². The summed E-state index contributed by atoms with van der Waals surface area (Å²) in [7, 11) is 0. The summed E-state index contributed by atoms with van der Waals surface area (Å²) in [6.45, 7) is 9.59. The second-order valence-corrected chi connectivity index (χ2v) is 6.01. The van der Waals surface area contributed by atoms with E-state index in [1.54, 1.807) is 0 Å². The van der Waals surface area contributed by atoms with Gasteiger partial charge in [0.1, 0.15) is 5.82 Å². The molecular formula is C16H25N3O. The van der Waals surface area contributed by atoms with Crippen LogP contribution in [0, 0.1) is 0 Å². The van der Waals surface area contributed by atoms with Crippen molar-refractivity contribution in [1.29, 1.82) is 0 Å². The Bertz CT molecular complexity index is 451. The quantitative estimate of drug-likeness (QED) is 0.775. The predicted molar refractivity (Wildman–Crippen MR) is 81.7 cm³/mol. The van der Waals surface area contributed by atoms with Gasteiger partial charge >= 0.3 is 0 Å². The smallest absolute Gasteiger partial charge is 0.210 e. The number of rotatable bonds is 5. The summed E-state index contributed by atoms with van der Waals surface area (Å²) in [4.78, 5) is 20.1. The van der Waals surface area contributed by atoms with Gasteiger partial charge in [-0.15, -0.1) is 0 Å². The third-order valence-corrected chi connectivity index (χ3v) is 3.96. The van der Waals surface area contributed by atoms with Crippen LogP contribution in [-0.4, -0.2) is 34.9 Å². The van der Waals surface area contributed by atoms with Crippen molar-refractivity contribution in [2.45, 2.75) is 58.7 Å². The van der Waals surface area contributed by atoms with Gasteiger partial charge in [-0.3, -0.25) is 4.79 Å². The van der Waals surface area contributed by atoms with Crippen molar-refractivity contribution in [2.24, 2.45) is 0 Å². The Morgan fingerprint density at radius 1 is 1.35 bits per heavy atom. The minimum Gasteiger partial charge on any atom is -0.351 e. The van der Waals surface area contributed by atoms with E-state index in [4.69, 9.17) is 0 Å². The molecule has 2 rings (SSSR count). The van der Waals surface area contributed by atoms with E-state index in [9.17, 15) is 4.79 Å². The van der Waals surface area contributed by atoms with Crippen LogP contribution in [0.1, 0.15) is 52.1 Å². The molecule has 1 amide bonds. The molecule has 1 aromatic rings. The average Bonchev–Trinajstić information content (AvgIpc) is 2.86. The van der Waals surface area contributed by atoms with Gasteiger partial charge < -0.3 is 9.80 Å². The number of hydrogen-bond donors (Lipinski definition) is 0. The highest BCUT2D eigenvalue weighted by Crippen LogP contribution is 2.36. The second-order valence-electron chi connectivity index (χ2n) is 6.01. The first-order valence-corrected chi connectivity index (χ1v) is 7.50. The summed E-state index contributed by atoms with van der Waals surface area (Å²) in [5.41, 5.74) is 1.18. The largest absolute Gasteiger partial charge is 0.351 e. The molecular weight excluding hydrogens is 250 g/mol. The molecule has 0 N–H and O–H groups in total. The third-order valence-electron chi connectivity index (χ3n) is 3.96. The first-order valence-electron chi connectivity index (χ1n) is 7.50. The van der Waals surface area contributed by atoms with Gasteiger partial charge in [0.2, 0.25) is 6.41 Å². The van der Waals surface area contributed by atoms with Crippen molar-refractivity contribution in [2.75, 3.05) is 11.4 Å². The molecule has 20 heavy (non-hydrogen) atoms. The maximum absolute atomic E-state index is 11.2. The van der Waals surface area contributed by atoms with E-state index >= 15 is 0 Å². The minimum atomic E-state index is 0.177. The first kappa shape index (κ1) is 14.8. The van der Waals surface area contributed by atoms with Gasteiger partial charge in [-0.1, -0.05) is 6.07 Å². The molecule has 0 spiro atoms. The maximum atomic E-state index is 11.2. The van der Waals surface area contributed by atoms with Crippen LogP contribution >= 0.6 is 0 Å². The zero-order chi connectivity index (χ0) is 14.7. The molecule has 1 fully saturated rings. The van der Waals surface area contributed by atoms with E-state index in [0.29, 0.717) is 12.1 Å². The summed E-state index contributed by atoms with van der Waals surface area (Å²) in [5.74, 6) is 1.02. The molecule has 0 saturated carbocycles. The van der Waals surface area contributed by atoms with Gasteiger partial charge in [0.25, 0.3) is 0 Å². The molecule has 0 unspecified atom stereocenters. The van der Waals surface area contributed by atoms with Crippen LogP contribution in [0.4, 0.5) is 5.82 Å². The standard InChI is InChI=1S/C16H25N3O/c1-12(2)19(13(3)4)16-14(7-5-9-17-16)15-8-6-10-18(15)11-20/h5,7,9,11-13,15H,6,8,10H2,1-4H3/t15-/m1/s1. The van der Waals surface area contributed by atoms with Gasteiger partial charge in [0.05, 0.1) is 6.04 Å². The second kappa shape index (κ2) is 6.25. The van der Waals surface area contributed by atoms with Gasteiger partial charge in [0.15, 0.2) is 0 Å². The number of anilines is 1. The number of nitrogens with zero attached hydrogens (tertiary/aromatic N) is 3. The average molecular weight is 275 g/mol. The summed E-state index contributed by atoms with van der Waals surface area (Å²) in [6, 6.07) is 5.03. The molecule has 0 aliphatic carbocycles. The van der Waals surface area contributed by atoms with E-state index in [2.05, 4.69) is 43.6 Å². The monoisotopic (exact) mass is 275 g/mol.